The number of rotatable bonds is 4. The lowest BCUT2D eigenvalue weighted by Crippen LogP contribution is -2.22. The molecule has 0 aliphatic carbocycles. The Morgan fingerprint density at radius 2 is 2.29 bits per heavy atom. The van der Waals surface area contributed by atoms with Gasteiger partial charge >= 0.3 is 0 Å². The first-order valence-electron chi connectivity index (χ1n) is 5.30. The molecule has 0 aromatic carbocycles. The van der Waals surface area contributed by atoms with E-state index in [4.69, 9.17) is 4.42 Å². The van der Waals surface area contributed by atoms with Crippen LogP contribution in [0.3, 0.4) is 0 Å². The summed E-state index contributed by atoms with van der Waals surface area (Å²) in [5.74, 6) is 0.329. The molecule has 1 N–H and O–H groups in total. The summed E-state index contributed by atoms with van der Waals surface area (Å²) in [7, 11) is 0. The molecule has 1 unspecified atom stereocenters. The minimum atomic E-state index is -0.342. The molecule has 0 radical (unpaired) electrons. The number of nitrogens with zero attached hydrogens (tertiary/aromatic N) is 1. The molecule has 5 heteroatoms. The zero-order valence-corrected chi connectivity index (χ0v) is 10.9. The van der Waals surface area contributed by atoms with Gasteiger partial charge in [-0.3, -0.25) is 4.98 Å². The molecular formula is C12H12BrFN2O. The molecule has 0 saturated carbocycles. The molecule has 2 aromatic heterocycles. The van der Waals surface area contributed by atoms with Gasteiger partial charge in [0.15, 0.2) is 4.67 Å². The maximum absolute atomic E-state index is 13.7. The molecule has 0 amide bonds. The Balaban J connectivity index is 2.39. The van der Waals surface area contributed by atoms with Gasteiger partial charge in [-0.05, 0) is 40.7 Å². The molecule has 2 rings (SSSR count). The van der Waals surface area contributed by atoms with Gasteiger partial charge < -0.3 is 9.73 Å². The highest BCUT2D eigenvalue weighted by Gasteiger charge is 2.19. The average molecular weight is 299 g/mol. The summed E-state index contributed by atoms with van der Waals surface area (Å²) in [4.78, 5) is 3.74. The van der Waals surface area contributed by atoms with E-state index in [0.717, 1.165) is 0 Å². The summed E-state index contributed by atoms with van der Waals surface area (Å²) >= 11 is 3.24. The first-order chi connectivity index (χ1) is 8.22. The molecule has 2 aromatic rings. The van der Waals surface area contributed by atoms with E-state index in [9.17, 15) is 4.39 Å². The van der Waals surface area contributed by atoms with E-state index in [1.54, 1.807) is 18.3 Å². The molecule has 90 valence electrons. The second-order valence-electron chi connectivity index (χ2n) is 3.53. The van der Waals surface area contributed by atoms with E-state index >= 15 is 0 Å². The number of halogens is 2. The molecule has 0 spiro atoms. The van der Waals surface area contributed by atoms with Gasteiger partial charge in [0.25, 0.3) is 0 Å². The Hall–Kier alpha value is -1.20. The zero-order valence-electron chi connectivity index (χ0n) is 9.28. The summed E-state index contributed by atoms with van der Waals surface area (Å²) in [6.07, 6.45) is 2.78. The maximum Gasteiger partial charge on any atom is 0.169 e. The number of aromatic nitrogens is 1. The highest BCUT2D eigenvalue weighted by atomic mass is 79.9. The fourth-order valence-electron chi connectivity index (χ4n) is 1.67. The van der Waals surface area contributed by atoms with Gasteiger partial charge in [-0.1, -0.05) is 6.92 Å². The number of hydrogen-bond acceptors (Lipinski definition) is 3. The summed E-state index contributed by atoms with van der Waals surface area (Å²) in [6.45, 7) is 2.68. The van der Waals surface area contributed by atoms with Gasteiger partial charge in [-0.15, -0.1) is 0 Å². The molecule has 0 aliphatic heterocycles. The zero-order chi connectivity index (χ0) is 12.3. The number of hydrogen-bond donors (Lipinski definition) is 1. The Morgan fingerprint density at radius 1 is 1.47 bits per heavy atom. The largest absolute Gasteiger partial charge is 0.452 e. The molecule has 2 heterocycles. The first kappa shape index (κ1) is 12.3. The third-order valence-corrected chi connectivity index (χ3v) is 2.83. The lowest BCUT2D eigenvalue weighted by molar-refractivity contribution is 0.428. The van der Waals surface area contributed by atoms with Crippen LogP contribution in [-0.4, -0.2) is 11.5 Å². The van der Waals surface area contributed by atoms with E-state index in [-0.39, 0.29) is 11.9 Å². The normalized spacial score (nSPS) is 12.6. The van der Waals surface area contributed by atoms with E-state index < -0.39 is 0 Å². The molecule has 1 atom stereocenters. The number of nitrogens with one attached hydrogen (secondary N) is 1. The van der Waals surface area contributed by atoms with E-state index in [1.165, 1.54) is 6.20 Å². The number of pyridine rings is 1. The third-order valence-electron chi connectivity index (χ3n) is 2.40. The minimum absolute atomic E-state index is 0.297. The van der Waals surface area contributed by atoms with E-state index in [0.29, 0.717) is 22.5 Å². The second-order valence-corrected chi connectivity index (χ2v) is 4.31. The summed E-state index contributed by atoms with van der Waals surface area (Å²) in [5, 5.41) is 3.19. The Morgan fingerprint density at radius 3 is 2.88 bits per heavy atom. The predicted molar refractivity (Wildman–Crippen MR) is 66.1 cm³/mol. The van der Waals surface area contributed by atoms with Gasteiger partial charge in [0.2, 0.25) is 0 Å². The highest BCUT2D eigenvalue weighted by Crippen LogP contribution is 2.27. The summed E-state index contributed by atoms with van der Waals surface area (Å²) in [5.41, 5.74) is 0.531. The van der Waals surface area contributed by atoms with Crippen LogP contribution in [0.1, 0.15) is 24.3 Å². The van der Waals surface area contributed by atoms with Crippen molar-refractivity contribution in [1.29, 1.82) is 0 Å². The van der Waals surface area contributed by atoms with Gasteiger partial charge in [0.05, 0.1) is 12.2 Å². The van der Waals surface area contributed by atoms with Gasteiger partial charge in [-0.25, -0.2) is 4.39 Å². The number of furan rings is 1. The molecule has 3 nitrogen and oxygen atoms in total. The van der Waals surface area contributed by atoms with Crippen LogP contribution in [0.25, 0.3) is 0 Å². The summed E-state index contributed by atoms with van der Waals surface area (Å²) < 4.78 is 19.8. The molecule has 0 bridgehead atoms. The van der Waals surface area contributed by atoms with Gasteiger partial charge in [0.1, 0.15) is 11.6 Å². The minimum Gasteiger partial charge on any atom is -0.452 e. The van der Waals surface area contributed by atoms with E-state index in [2.05, 4.69) is 26.2 Å². The first-order valence-corrected chi connectivity index (χ1v) is 6.09. The topological polar surface area (TPSA) is 38.1 Å². The molecule has 0 fully saturated rings. The van der Waals surface area contributed by atoms with Crippen molar-refractivity contribution in [2.24, 2.45) is 0 Å². The lowest BCUT2D eigenvalue weighted by atomic mass is 10.1. The second kappa shape index (κ2) is 5.42. The van der Waals surface area contributed by atoms with Crippen molar-refractivity contribution in [3.63, 3.8) is 0 Å². The van der Waals surface area contributed by atoms with Crippen LogP contribution < -0.4 is 5.32 Å². The fraction of sp³-hybridized carbons (Fsp3) is 0.250. The van der Waals surface area contributed by atoms with Crippen molar-refractivity contribution >= 4 is 15.9 Å². The lowest BCUT2D eigenvalue weighted by Gasteiger charge is -2.16. The Bertz CT molecular complexity index is 501. The van der Waals surface area contributed by atoms with Crippen LogP contribution in [0.2, 0.25) is 0 Å². The smallest absolute Gasteiger partial charge is 0.169 e. The van der Waals surface area contributed by atoms with Crippen molar-refractivity contribution in [2.45, 2.75) is 13.0 Å². The van der Waals surface area contributed by atoms with Crippen LogP contribution in [0.5, 0.6) is 0 Å². The van der Waals surface area contributed by atoms with Crippen molar-refractivity contribution in [3.8, 4) is 0 Å². The van der Waals surface area contributed by atoms with Crippen molar-refractivity contribution < 1.29 is 8.81 Å². The van der Waals surface area contributed by atoms with Crippen molar-refractivity contribution in [2.75, 3.05) is 6.54 Å². The maximum atomic E-state index is 13.7. The van der Waals surface area contributed by atoms with Gasteiger partial charge in [-0.2, -0.15) is 0 Å². The van der Waals surface area contributed by atoms with Crippen LogP contribution in [0, 0.1) is 5.82 Å². The molecule has 0 saturated heterocycles. The van der Waals surface area contributed by atoms with Crippen molar-refractivity contribution in [1.82, 2.24) is 10.3 Å². The monoisotopic (exact) mass is 298 g/mol. The quantitative estimate of drug-likeness (QED) is 0.941. The standard InChI is InChI=1S/C12H12BrFN2O/c1-2-16-12(10-3-4-11(13)17-10)8-5-6-15-7-9(8)14/h3-7,12,16H,2H2,1H3. The average Bonchev–Trinajstić information content (AvgIpc) is 2.74. The SMILES string of the molecule is CCNC(c1ccc(Br)o1)c1ccncc1F. The van der Waals surface area contributed by atoms with Gasteiger partial charge in [0, 0.05) is 11.8 Å². The van der Waals surface area contributed by atoms with Crippen LogP contribution in [0.4, 0.5) is 4.39 Å². The third kappa shape index (κ3) is 2.73. The summed E-state index contributed by atoms with van der Waals surface area (Å²) in [6, 6.07) is 4.96. The Labute approximate surface area is 107 Å². The predicted octanol–water partition coefficient (Wildman–Crippen LogP) is 3.28. The molecular weight excluding hydrogens is 287 g/mol. The highest BCUT2D eigenvalue weighted by molar-refractivity contribution is 9.10. The van der Waals surface area contributed by atoms with Crippen LogP contribution >= 0.6 is 15.9 Å². The van der Waals surface area contributed by atoms with E-state index in [1.807, 2.05) is 13.0 Å². The van der Waals surface area contributed by atoms with Crippen molar-refractivity contribution in [3.05, 3.63) is 52.4 Å². The fourth-order valence-corrected chi connectivity index (χ4v) is 1.99. The Kier molecular flexibility index (Phi) is 3.91. The van der Waals surface area contributed by atoms with Crippen LogP contribution in [-0.2, 0) is 0 Å². The molecule has 0 aliphatic rings. The molecule has 17 heavy (non-hydrogen) atoms. The van der Waals surface area contributed by atoms with Crippen LogP contribution in [0.15, 0.2) is 39.7 Å².